The van der Waals surface area contributed by atoms with E-state index < -0.39 is 6.16 Å². The molecule has 3 N–H and O–H groups in total. The molecule has 4 nitrogen and oxygen atoms in total. The van der Waals surface area contributed by atoms with Crippen LogP contribution in [0.3, 0.4) is 0 Å². The Morgan fingerprint density at radius 1 is 1.58 bits per heavy atom. The molecule has 12 heavy (non-hydrogen) atoms. The Labute approximate surface area is 73.5 Å². The molecule has 1 aromatic rings. The summed E-state index contributed by atoms with van der Waals surface area (Å²) in [5, 5.41) is 8.69. The van der Waals surface area contributed by atoms with Gasteiger partial charge in [0.05, 0.1) is 5.69 Å². The van der Waals surface area contributed by atoms with Crippen LogP contribution in [0.15, 0.2) is 18.2 Å². The number of hydrogen-bond acceptors (Lipinski definition) is 3. The first-order valence-electron chi connectivity index (χ1n) is 3.05. The van der Waals surface area contributed by atoms with Crippen molar-refractivity contribution in [3.63, 3.8) is 0 Å². The molecule has 0 unspecified atom stereocenters. The first kappa shape index (κ1) is 8.67. The second-order valence-corrected chi connectivity index (χ2v) is 2.49. The third-order valence-electron chi connectivity index (χ3n) is 1.17. The Kier molecular flexibility index (Phi) is 2.40. The van der Waals surface area contributed by atoms with E-state index in [9.17, 15) is 4.79 Å². The Morgan fingerprint density at radius 2 is 2.25 bits per heavy atom. The average molecular weight is 188 g/mol. The van der Waals surface area contributed by atoms with Crippen molar-refractivity contribution >= 4 is 23.4 Å². The molecule has 0 heterocycles. The summed E-state index contributed by atoms with van der Waals surface area (Å²) in [5.74, 6) is 0.0897. The van der Waals surface area contributed by atoms with Crippen LogP contribution in [-0.4, -0.2) is 11.3 Å². The van der Waals surface area contributed by atoms with Gasteiger partial charge in [-0.1, -0.05) is 11.6 Å². The van der Waals surface area contributed by atoms with Crippen LogP contribution in [-0.2, 0) is 0 Å². The van der Waals surface area contributed by atoms with Crippen LogP contribution in [0.5, 0.6) is 5.75 Å². The summed E-state index contributed by atoms with van der Waals surface area (Å²) >= 11 is 5.57. The number of anilines is 1. The Morgan fingerprint density at radius 3 is 2.75 bits per heavy atom. The molecule has 0 amide bonds. The van der Waals surface area contributed by atoms with Gasteiger partial charge in [0.2, 0.25) is 0 Å². The van der Waals surface area contributed by atoms with Gasteiger partial charge < -0.3 is 15.6 Å². The first-order chi connectivity index (χ1) is 5.59. The molecule has 0 atom stereocenters. The highest BCUT2D eigenvalue weighted by Gasteiger charge is 2.04. The van der Waals surface area contributed by atoms with E-state index in [4.69, 9.17) is 22.4 Å². The molecule has 0 saturated heterocycles. The van der Waals surface area contributed by atoms with Crippen LogP contribution in [0.1, 0.15) is 0 Å². The summed E-state index contributed by atoms with van der Waals surface area (Å²) < 4.78 is 4.33. The highest BCUT2D eigenvalue weighted by molar-refractivity contribution is 6.30. The quantitative estimate of drug-likeness (QED) is 0.401. The van der Waals surface area contributed by atoms with Crippen LogP contribution >= 0.6 is 11.6 Å². The topological polar surface area (TPSA) is 72.5 Å². The molecule has 0 aliphatic heterocycles. The average Bonchev–Trinajstić information content (AvgIpc) is 1.94. The molecule has 64 valence electrons. The molecule has 1 rings (SSSR count). The van der Waals surface area contributed by atoms with E-state index in [1.54, 1.807) is 0 Å². The van der Waals surface area contributed by atoms with Gasteiger partial charge >= 0.3 is 6.16 Å². The molecule has 0 bridgehead atoms. The smallest absolute Gasteiger partial charge is 0.449 e. The number of ether oxygens (including phenoxy) is 1. The fourth-order valence-corrected chi connectivity index (χ4v) is 0.887. The summed E-state index contributed by atoms with van der Waals surface area (Å²) in [5.41, 5.74) is 5.60. The zero-order valence-corrected chi connectivity index (χ0v) is 6.71. The van der Waals surface area contributed by atoms with E-state index in [1.807, 2.05) is 0 Å². The maximum atomic E-state index is 10.1. The normalized spacial score (nSPS) is 9.42. The lowest BCUT2D eigenvalue weighted by molar-refractivity contribution is 0.144. The third kappa shape index (κ3) is 2.03. The van der Waals surface area contributed by atoms with Crippen molar-refractivity contribution in [2.24, 2.45) is 0 Å². The van der Waals surface area contributed by atoms with Crippen LogP contribution in [0.25, 0.3) is 0 Å². The molecule has 0 spiro atoms. The van der Waals surface area contributed by atoms with Crippen LogP contribution in [0.4, 0.5) is 10.5 Å². The summed E-state index contributed by atoms with van der Waals surface area (Å²) in [6, 6.07) is 4.31. The Hall–Kier alpha value is -1.42. The zero-order chi connectivity index (χ0) is 9.14. The van der Waals surface area contributed by atoms with Crippen LogP contribution in [0, 0.1) is 0 Å². The maximum absolute atomic E-state index is 10.1. The summed E-state index contributed by atoms with van der Waals surface area (Å²) in [7, 11) is 0. The maximum Gasteiger partial charge on any atom is 0.511 e. The van der Waals surface area contributed by atoms with E-state index >= 15 is 0 Å². The fraction of sp³-hybridized carbons (Fsp3) is 0. The summed E-state index contributed by atoms with van der Waals surface area (Å²) in [6.45, 7) is 0. The number of benzene rings is 1. The molecule has 5 heteroatoms. The van der Waals surface area contributed by atoms with Gasteiger partial charge in [0.25, 0.3) is 0 Å². The van der Waals surface area contributed by atoms with Crippen molar-refractivity contribution in [2.45, 2.75) is 0 Å². The molecule has 1 aromatic carbocycles. The van der Waals surface area contributed by atoms with Gasteiger partial charge in [0, 0.05) is 5.02 Å². The number of nitrogen functional groups attached to an aromatic ring is 1. The van der Waals surface area contributed by atoms with Crippen molar-refractivity contribution in [3.8, 4) is 5.75 Å². The Balaban J connectivity index is 2.93. The molecule has 0 aliphatic carbocycles. The predicted molar refractivity (Wildman–Crippen MR) is 44.5 cm³/mol. The minimum atomic E-state index is -1.40. The van der Waals surface area contributed by atoms with Gasteiger partial charge in [-0.05, 0) is 18.2 Å². The molecule has 0 aromatic heterocycles. The molecule has 0 radical (unpaired) electrons. The van der Waals surface area contributed by atoms with E-state index in [-0.39, 0.29) is 11.4 Å². The number of nitrogens with two attached hydrogens (primary N) is 1. The number of rotatable bonds is 1. The SMILES string of the molecule is Nc1cc(Cl)ccc1OC(=O)O. The van der Waals surface area contributed by atoms with E-state index in [2.05, 4.69) is 4.74 Å². The van der Waals surface area contributed by atoms with Crippen LogP contribution < -0.4 is 10.5 Å². The monoisotopic (exact) mass is 187 g/mol. The van der Waals surface area contributed by atoms with Gasteiger partial charge in [-0.2, -0.15) is 0 Å². The third-order valence-corrected chi connectivity index (χ3v) is 1.40. The van der Waals surface area contributed by atoms with Gasteiger partial charge in [-0.25, -0.2) is 4.79 Å². The van der Waals surface area contributed by atoms with Gasteiger partial charge in [0.15, 0.2) is 5.75 Å². The predicted octanol–water partition coefficient (Wildman–Crippen LogP) is 1.98. The lowest BCUT2D eigenvalue weighted by Crippen LogP contribution is -2.04. The van der Waals surface area contributed by atoms with Crippen molar-refractivity contribution in [2.75, 3.05) is 5.73 Å². The number of carboxylic acid groups (broad SMARTS) is 1. The number of hydrogen-bond donors (Lipinski definition) is 2. The Bertz CT molecular complexity index is 314. The minimum Gasteiger partial charge on any atom is -0.449 e. The molecule has 0 fully saturated rings. The van der Waals surface area contributed by atoms with Gasteiger partial charge in [-0.3, -0.25) is 0 Å². The van der Waals surface area contributed by atoms with Crippen molar-refractivity contribution < 1.29 is 14.6 Å². The van der Waals surface area contributed by atoms with Crippen molar-refractivity contribution in [3.05, 3.63) is 23.2 Å². The standard InChI is InChI=1S/C7H6ClNO3/c8-4-1-2-6(5(9)3-4)12-7(10)11/h1-3H,9H2,(H,10,11). The molecular weight excluding hydrogens is 182 g/mol. The zero-order valence-electron chi connectivity index (χ0n) is 5.95. The van der Waals surface area contributed by atoms with E-state index in [0.717, 1.165) is 0 Å². The lowest BCUT2D eigenvalue weighted by atomic mass is 10.3. The first-order valence-corrected chi connectivity index (χ1v) is 3.43. The molecule has 0 aliphatic rings. The number of carbonyl (C=O) groups is 1. The van der Waals surface area contributed by atoms with E-state index in [0.29, 0.717) is 5.02 Å². The van der Waals surface area contributed by atoms with Crippen LogP contribution in [0.2, 0.25) is 5.02 Å². The van der Waals surface area contributed by atoms with Gasteiger partial charge in [-0.15, -0.1) is 0 Å². The minimum absolute atomic E-state index is 0.0897. The van der Waals surface area contributed by atoms with Gasteiger partial charge in [0.1, 0.15) is 0 Å². The van der Waals surface area contributed by atoms with E-state index in [1.165, 1.54) is 18.2 Å². The highest BCUT2D eigenvalue weighted by Crippen LogP contribution is 2.24. The van der Waals surface area contributed by atoms with Crippen molar-refractivity contribution in [1.82, 2.24) is 0 Å². The largest absolute Gasteiger partial charge is 0.511 e. The van der Waals surface area contributed by atoms with Crippen molar-refractivity contribution in [1.29, 1.82) is 0 Å². The summed E-state index contributed by atoms with van der Waals surface area (Å²) in [6.07, 6.45) is -1.40. The second kappa shape index (κ2) is 3.32. The number of halogens is 1. The fourth-order valence-electron chi connectivity index (χ4n) is 0.706. The molecular formula is C7H6ClNO3. The second-order valence-electron chi connectivity index (χ2n) is 2.05. The lowest BCUT2D eigenvalue weighted by Gasteiger charge is -2.02. The highest BCUT2D eigenvalue weighted by atomic mass is 35.5. The summed E-state index contributed by atoms with van der Waals surface area (Å²) in [4.78, 5) is 10.1. The molecule has 0 saturated carbocycles.